The fourth-order valence-corrected chi connectivity index (χ4v) is 1.79. The molecule has 0 heterocycles. The van der Waals surface area contributed by atoms with Crippen LogP contribution >= 0.6 is 11.6 Å². The minimum atomic E-state index is -0.340. The average molecular weight is 244 g/mol. The molecular weight excluding hydrogens is 234 g/mol. The first kappa shape index (κ1) is 11.5. The largest absolute Gasteiger partial charge is 0.508 e. The van der Waals surface area contributed by atoms with E-state index in [2.05, 4.69) is 6.07 Å². The standard InChI is InChI=1S/C14H10ClNO/c15-12-5-1-10(2-6-12)14(9-16)11-3-7-13(17)8-4-11/h1-8,14,17H. The third-order valence-corrected chi connectivity index (χ3v) is 2.81. The molecule has 1 unspecified atom stereocenters. The molecule has 0 spiro atoms. The topological polar surface area (TPSA) is 44.0 Å². The molecule has 2 aromatic carbocycles. The van der Waals surface area contributed by atoms with Gasteiger partial charge in [0.15, 0.2) is 0 Å². The van der Waals surface area contributed by atoms with Crippen LogP contribution in [0, 0.1) is 11.3 Å². The predicted molar refractivity (Wildman–Crippen MR) is 67.0 cm³/mol. The summed E-state index contributed by atoms with van der Waals surface area (Å²) in [6.45, 7) is 0. The number of phenols is 1. The first-order valence-electron chi connectivity index (χ1n) is 5.14. The SMILES string of the molecule is N#CC(c1ccc(O)cc1)c1ccc(Cl)cc1. The van der Waals surface area contributed by atoms with E-state index >= 15 is 0 Å². The van der Waals surface area contributed by atoms with E-state index in [1.807, 2.05) is 12.1 Å². The van der Waals surface area contributed by atoms with E-state index in [-0.39, 0.29) is 11.7 Å². The molecule has 0 saturated heterocycles. The lowest BCUT2D eigenvalue weighted by Gasteiger charge is -2.09. The van der Waals surface area contributed by atoms with Gasteiger partial charge in [0.2, 0.25) is 0 Å². The van der Waals surface area contributed by atoms with Crippen LogP contribution in [-0.2, 0) is 0 Å². The summed E-state index contributed by atoms with van der Waals surface area (Å²) < 4.78 is 0. The number of nitriles is 1. The zero-order valence-corrected chi connectivity index (χ0v) is 9.72. The van der Waals surface area contributed by atoms with Crippen molar-refractivity contribution in [3.8, 4) is 11.8 Å². The van der Waals surface area contributed by atoms with E-state index in [0.717, 1.165) is 11.1 Å². The normalized spacial score (nSPS) is 11.8. The molecule has 84 valence electrons. The Morgan fingerprint density at radius 1 is 0.941 bits per heavy atom. The van der Waals surface area contributed by atoms with Crippen LogP contribution in [0.25, 0.3) is 0 Å². The van der Waals surface area contributed by atoms with Crippen LogP contribution in [0.5, 0.6) is 5.75 Å². The molecule has 0 radical (unpaired) electrons. The van der Waals surface area contributed by atoms with Gasteiger partial charge in [-0.2, -0.15) is 5.26 Å². The van der Waals surface area contributed by atoms with Gasteiger partial charge in [-0.3, -0.25) is 0 Å². The highest BCUT2D eigenvalue weighted by molar-refractivity contribution is 6.30. The van der Waals surface area contributed by atoms with Crippen molar-refractivity contribution in [3.63, 3.8) is 0 Å². The Balaban J connectivity index is 2.37. The van der Waals surface area contributed by atoms with Crippen molar-refractivity contribution < 1.29 is 5.11 Å². The summed E-state index contributed by atoms with van der Waals surface area (Å²) in [5, 5.41) is 19.1. The third kappa shape index (κ3) is 2.58. The molecular formula is C14H10ClNO. The maximum absolute atomic E-state index is 9.23. The van der Waals surface area contributed by atoms with E-state index in [4.69, 9.17) is 11.6 Å². The Morgan fingerprint density at radius 3 is 1.88 bits per heavy atom. The molecule has 0 saturated carbocycles. The Labute approximate surface area is 105 Å². The van der Waals surface area contributed by atoms with Crippen LogP contribution in [0.2, 0.25) is 5.02 Å². The van der Waals surface area contributed by atoms with Gasteiger partial charge in [-0.15, -0.1) is 0 Å². The van der Waals surface area contributed by atoms with Gasteiger partial charge in [0.05, 0.1) is 12.0 Å². The number of hydrogen-bond acceptors (Lipinski definition) is 2. The van der Waals surface area contributed by atoms with Crippen molar-refractivity contribution in [3.05, 3.63) is 64.7 Å². The third-order valence-electron chi connectivity index (χ3n) is 2.56. The van der Waals surface area contributed by atoms with Gasteiger partial charge in [-0.05, 0) is 35.4 Å². The van der Waals surface area contributed by atoms with Crippen LogP contribution in [0.4, 0.5) is 0 Å². The minimum absolute atomic E-state index is 0.196. The van der Waals surface area contributed by atoms with Gasteiger partial charge in [0.1, 0.15) is 5.75 Å². The van der Waals surface area contributed by atoms with E-state index in [9.17, 15) is 10.4 Å². The van der Waals surface area contributed by atoms with Crippen molar-refractivity contribution in [2.24, 2.45) is 0 Å². The fraction of sp³-hybridized carbons (Fsp3) is 0.0714. The molecule has 2 aromatic rings. The second-order valence-electron chi connectivity index (χ2n) is 3.71. The van der Waals surface area contributed by atoms with Crippen LogP contribution in [0.3, 0.4) is 0 Å². The first-order chi connectivity index (χ1) is 8.20. The summed E-state index contributed by atoms with van der Waals surface area (Å²) in [7, 11) is 0. The van der Waals surface area contributed by atoms with Crippen molar-refractivity contribution in [1.29, 1.82) is 5.26 Å². The Kier molecular flexibility index (Phi) is 3.32. The number of halogens is 1. The van der Waals surface area contributed by atoms with Gasteiger partial charge < -0.3 is 5.11 Å². The van der Waals surface area contributed by atoms with E-state index in [1.165, 1.54) is 0 Å². The Hall–Kier alpha value is -1.98. The molecule has 0 aliphatic heterocycles. The lowest BCUT2D eigenvalue weighted by molar-refractivity contribution is 0.475. The fourth-order valence-electron chi connectivity index (χ4n) is 1.66. The molecule has 0 amide bonds. The predicted octanol–water partition coefficient (Wildman–Crippen LogP) is 3.70. The molecule has 3 heteroatoms. The number of phenolic OH excluding ortho intramolecular Hbond substituents is 1. The smallest absolute Gasteiger partial charge is 0.115 e. The lowest BCUT2D eigenvalue weighted by atomic mass is 9.93. The zero-order chi connectivity index (χ0) is 12.3. The van der Waals surface area contributed by atoms with Gasteiger partial charge in [0, 0.05) is 5.02 Å². The summed E-state index contributed by atoms with van der Waals surface area (Å²) in [6.07, 6.45) is 0. The molecule has 1 N–H and O–H groups in total. The molecule has 0 fully saturated rings. The number of hydrogen-bond donors (Lipinski definition) is 1. The first-order valence-corrected chi connectivity index (χ1v) is 5.52. The molecule has 0 aliphatic carbocycles. The highest BCUT2D eigenvalue weighted by Crippen LogP contribution is 2.26. The molecule has 17 heavy (non-hydrogen) atoms. The number of benzene rings is 2. The molecule has 0 bridgehead atoms. The maximum Gasteiger partial charge on any atom is 0.115 e. The number of rotatable bonds is 2. The average Bonchev–Trinajstić information content (AvgIpc) is 2.35. The van der Waals surface area contributed by atoms with Crippen LogP contribution in [-0.4, -0.2) is 5.11 Å². The number of aromatic hydroxyl groups is 1. The van der Waals surface area contributed by atoms with Crippen LogP contribution in [0.1, 0.15) is 17.0 Å². The van der Waals surface area contributed by atoms with Gasteiger partial charge in [-0.25, -0.2) is 0 Å². The van der Waals surface area contributed by atoms with Gasteiger partial charge in [0.25, 0.3) is 0 Å². The maximum atomic E-state index is 9.23. The highest BCUT2D eigenvalue weighted by Gasteiger charge is 2.12. The van der Waals surface area contributed by atoms with Crippen molar-refractivity contribution in [2.75, 3.05) is 0 Å². The quantitative estimate of drug-likeness (QED) is 0.874. The van der Waals surface area contributed by atoms with Crippen molar-refractivity contribution in [1.82, 2.24) is 0 Å². The molecule has 0 aromatic heterocycles. The minimum Gasteiger partial charge on any atom is -0.508 e. The van der Waals surface area contributed by atoms with Gasteiger partial charge in [-0.1, -0.05) is 35.9 Å². The summed E-state index contributed by atoms with van der Waals surface area (Å²) in [6, 6.07) is 16.1. The molecule has 1 atom stereocenters. The Morgan fingerprint density at radius 2 is 1.41 bits per heavy atom. The summed E-state index contributed by atoms with van der Waals surface area (Å²) >= 11 is 5.81. The monoisotopic (exact) mass is 243 g/mol. The van der Waals surface area contributed by atoms with Crippen LogP contribution in [0.15, 0.2) is 48.5 Å². The zero-order valence-electron chi connectivity index (χ0n) is 8.97. The summed E-state index contributed by atoms with van der Waals surface area (Å²) in [5.74, 6) is -0.144. The van der Waals surface area contributed by atoms with Gasteiger partial charge >= 0.3 is 0 Å². The molecule has 0 aliphatic rings. The highest BCUT2D eigenvalue weighted by atomic mass is 35.5. The van der Waals surface area contributed by atoms with E-state index < -0.39 is 0 Å². The second kappa shape index (κ2) is 4.90. The molecule has 2 nitrogen and oxygen atoms in total. The second-order valence-corrected chi connectivity index (χ2v) is 4.14. The van der Waals surface area contributed by atoms with Crippen LogP contribution < -0.4 is 0 Å². The lowest BCUT2D eigenvalue weighted by Crippen LogP contribution is -1.97. The van der Waals surface area contributed by atoms with E-state index in [0.29, 0.717) is 5.02 Å². The summed E-state index contributed by atoms with van der Waals surface area (Å²) in [5.41, 5.74) is 1.75. The van der Waals surface area contributed by atoms with Crippen molar-refractivity contribution in [2.45, 2.75) is 5.92 Å². The van der Waals surface area contributed by atoms with Crippen molar-refractivity contribution >= 4 is 11.6 Å². The number of nitrogens with zero attached hydrogens (tertiary/aromatic N) is 1. The molecule has 2 rings (SSSR count). The Bertz CT molecular complexity index is 494. The van der Waals surface area contributed by atoms with E-state index in [1.54, 1.807) is 36.4 Å². The summed E-state index contributed by atoms with van der Waals surface area (Å²) in [4.78, 5) is 0.